The van der Waals surface area contributed by atoms with Crippen LogP contribution in [0.4, 0.5) is 13.2 Å². The number of aryl methyl sites for hydroxylation is 1. The van der Waals surface area contributed by atoms with E-state index < -0.39 is 17.6 Å². The zero-order valence-electron chi connectivity index (χ0n) is 15.2. The molecule has 0 radical (unpaired) electrons. The Morgan fingerprint density at radius 2 is 1.72 bits per heavy atom. The first-order valence-electron chi connectivity index (χ1n) is 8.68. The number of amides is 1. The van der Waals surface area contributed by atoms with E-state index in [0.29, 0.717) is 11.2 Å². The number of pyridine rings is 1. The molecule has 0 aliphatic heterocycles. The van der Waals surface area contributed by atoms with Gasteiger partial charge in [-0.25, -0.2) is 0 Å². The molecule has 146 valence electrons. The Labute approximate surface area is 163 Å². The number of benzene rings is 2. The standard InChI is InChI=1S/C21H15F3N4O/c1-12-6-7-13(10-16(12)19(25)29)14-8-9-28-18(11-14)26-27-20(28)15-4-2-3-5-17(15)21(22,23)24/h2-11H,1H3,(H2,25,29). The minimum atomic E-state index is -4.50. The highest BCUT2D eigenvalue weighted by molar-refractivity contribution is 5.95. The van der Waals surface area contributed by atoms with Gasteiger partial charge in [0, 0.05) is 17.3 Å². The minimum absolute atomic E-state index is 0.0494. The largest absolute Gasteiger partial charge is 0.417 e. The van der Waals surface area contributed by atoms with Gasteiger partial charge in [0.05, 0.1) is 5.56 Å². The molecule has 2 heterocycles. The van der Waals surface area contributed by atoms with E-state index in [4.69, 9.17) is 5.73 Å². The van der Waals surface area contributed by atoms with Crippen LogP contribution < -0.4 is 5.73 Å². The van der Waals surface area contributed by atoms with E-state index in [1.54, 1.807) is 37.4 Å². The summed E-state index contributed by atoms with van der Waals surface area (Å²) < 4.78 is 41.6. The second kappa shape index (κ2) is 6.73. The van der Waals surface area contributed by atoms with Crippen molar-refractivity contribution in [1.29, 1.82) is 0 Å². The number of aromatic nitrogens is 3. The third-order valence-corrected chi connectivity index (χ3v) is 4.72. The van der Waals surface area contributed by atoms with Gasteiger partial charge in [-0.2, -0.15) is 13.2 Å². The summed E-state index contributed by atoms with van der Waals surface area (Å²) in [7, 11) is 0. The monoisotopic (exact) mass is 396 g/mol. The average Bonchev–Trinajstić information content (AvgIpc) is 3.10. The molecule has 8 heteroatoms. The highest BCUT2D eigenvalue weighted by Gasteiger charge is 2.34. The maximum atomic E-state index is 13.4. The van der Waals surface area contributed by atoms with Crippen molar-refractivity contribution >= 4 is 11.6 Å². The first-order valence-corrected chi connectivity index (χ1v) is 8.68. The van der Waals surface area contributed by atoms with Crippen molar-refractivity contribution in [3.8, 4) is 22.5 Å². The molecular weight excluding hydrogens is 381 g/mol. The smallest absolute Gasteiger partial charge is 0.366 e. The fourth-order valence-corrected chi connectivity index (χ4v) is 3.25. The van der Waals surface area contributed by atoms with Gasteiger partial charge < -0.3 is 5.73 Å². The highest BCUT2D eigenvalue weighted by Crippen LogP contribution is 2.36. The number of rotatable bonds is 3. The van der Waals surface area contributed by atoms with E-state index >= 15 is 0 Å². The quantitative estimate of drug-likeness (QED) is 0.555. The summed E-state index contributed by atoms with van der Waals surface area (Å²) in [5.74, 6) is -0.430. The molecule has 0 aliphatic rings. The van der Waals surface area contributed by atoms with Crippen LogP contribution in [0.15, 0.2) is 60.8 Å². The molecule has 0 saturated heterocycles. The van der Waals surface area contributed by atoms with Gasteiger partial charge >= 0.3 is 6.18 Å². The van der Waals surface area contributed by atoms with E-state index in [2.05, 4.69) is 10.2 Å². The number of nitrogens with two attached hydrogens (primary N) is 1. The maximum absolute atomic E-state index is 13.4. The zero-order chi connectivity index (χ0) is 20.8. The van der Waals surface area contributed by atoms with Crippen LogP contribution in [0.2, 0.25) is 0 Å². The van der Waals surface area contributed by atoms with Gasteiger partial charge in [-0.1, -0.05) is 30.3 Å². The Bertz CT molecular complexity index is 1240. The molecule has 0 fully saturated rings. The van der Waals surface area contributed by atoms with Crippen LogP contribution >= 0.6 is 0 Å². The number of fused-ring (bicyclic) bond motifs is 1. The predicted molar refractivity (Wildman–Crippen MR) is 102 cm³/mol. The fraction of sp³-hybridized carbons (Fsp3) is 0.0952. The van der Waals surface area contributed by atoms with Crippen molar-refractivity contribution < 1.29 is 18.0 Å². The molecule has 0 spiro atoms. The van der Waals surface area contributed by atoms with Gasteiger partial charge in [0.1, 0.15) is 0 Å². The van der Waals surface area contributed by atoms with Crippen LogP contribution in [-0.4, -0.2) is 20.5 Å². The molecule has 5 nitrogen and oxygen atoms in total. The Morgan fingerprint density at radius 1 is 1.00 bits per heavy atom. The normalized spacial score (nSPS) is 11.7. The fourth-order valence-electron chi connectivity index (χ4n) is 3.25. The predicted octanol–water partition coefficient (Wildman–Crippen LogP) is 4.49. The van der Waals surface area contributed by atoms with Gasteiger partial charge in [0.15, 0.2) is 11.5 Å². The SMILES string of the molecule is Cc1ccc(-c2ccn3c(-c4ccccc4C(F)(F)F)nnc3c2)cc1C(N)=O. The molecule has 0 aliphatic carbocycles. The Hall–Kier alpha value is -3.68. The van der Waals surface area contributed by atoms with Gasteiger partial charge in [0.2, 0.25) is 5.91 Å². The van der Waals surface area contributed by atoms with Crippen LogP contribution in [0.3, 0.4) is 0 Å². The summed E-state index contributed by atoms with van der Waals surface area (Å²) >= 11 is 0. The summed E-state index contributed by atoms with van der Waals surface area (Å²) in [6.07, 6.45) is -2.90. The number of hydrogen-bond acceptors (Lipinski definition) is 3. The molecule has 4 aromatic rings. The van der Waals surface area contributed by atoms with Crippen LogP contribution in [0, 0.1) is 6.92 Å². The van der Waals surface area contributed by atoms with Crippen LogP contribution in [0.1, 0.15) is 21.5 Å². The lowest BCUT2D eigenvalue weighted by Crippen LogP contribution is -2.12. The number of carbonyl (C=O) groups is 1. The molecule has 2 N–H and O–H groups in total. The molecule has 29 heavy (non-hydrogen) atoms. The number of nitrogens with zero attached hydrogens (tertiary/aromatic N) is 3. The molecule has 0 bridgehead atoms. The first-order chi connectivity index (χ1) is 13.8. The molecule has 1 amide bonds. The minimum Gasteiger partial charge on any atom is -0.366 e. The van der Waals surface area contributed by atoms with E-state index in [1.807, 2.05) is 6.07 Å². The van der Waals surface area contributed by atoms with Gasteiger partial charge in [0.25, 0.3) is 0 Å². The van der Waals surface area contributed by atoms with Crippen molar-refractivity contribution in [2.75, 3.05) is 0 Å². The van der Waals surface area contributed by atoms with Gasteiger partial charge in [-0.3, -0.25) is 9.20 Å². The Balaban J connectivity index is 1.83. The van der Waals surface area contributed by atoms with E-state index in [0.717, 1.165) is 22.8 Å². The average molecular weight is 396 g/mol. The summed E-state index contributed by atoms with van der Waals surface area (Å²) in [5, 5.41) is 8.01. The van der Waals surface area contributed by atoms with Gasteiger partial charge in [-0.05, 0) is 47.9 Å². The molecule has 0 atom stereocenters. The molecule has 2 aromatic heterocycles. The Kier molecular flexibility index (Phi) is 4.34. The third-order valence-electron chi connectivity index (χ3n) is 4.72. The lowest BCUT2D eigenvalue weighted by atomic mass is 10.00. The maximum Gasteiger partial charge on any atom is 0.417 e. The summed E-state index contributed by atoms with van der Waals surface area (Å²) in [4.78, 5) is 11.6. The van der Waals surface area contributed by atoms with Crippen LogP contribution in [0.25, 0.3) is 28.2 Å². The van der Waals surface area contributed by atoms with Crippen molar-refractivity contribution in [1.82, 2.24) is 14.6 Å². The van der Waals surface area contributed by atoms with Crippen molar-refractivity contribution in [2.45, 2.75) is 13.1 Å². The second-order valence-corrected chi connectivity index (χ2v) is 6.60. The van der Waals surface area contributed by atoms with E-state index in [-0.39, 0.29) is 11.4 Å². The summed E-state index contributed by atoms with van der Waals surface area (Å²) in [6.45, 7) is 1.79. The molecular formula is C21H15F3N4O. The van der Waals surface area contributed by atoms with Crippen molar-refractivity contribution in [2.24, 2.45) is 5.73 Å². The van der Waals surface area contributed by atoms with Crippen LogP contribution in [0.5, 0.6) is 0 Å². The number of halogens is 3. The van der Waals surface area contributed by atoms with Crippen molar-refractivity contribution in [3.63, 3.8) is 0 Å². The third kappa shape index (κ3) is 3.33. The number of alkyl halides is 3. The molecule has 0 unspecified atom stereocenters. The molecule has 0 saturated carbocycles. The van der Waals surface area contributed by atoms with Gasteiger partial charge in [-0.15, -0.1) is 10.2 Å². The van der Waals surface area contributed by atoms with E-state index in [1.165, 1.54) is 22.6 Å². The Morgan fingerprint density at radius 3 is 2.45 bits per heavy atom. The number of carbonyl (C=O) groups excluding carboxylic acids is 1. The van der Waals surface area contributed by atoms with E-state index in [9.17, 15) is 18.0 Å². The lowest BCUT2D eigenvalue weighted by Gasteiger charge is -2.11. The first kappa shape index (κ1) is 18.7. The topological polar surface area (TPSA) is 73.3 Å². The summed E-state index contributed by atoms with van der Waals surface area (Å²) in [5.41, 5.74) is 7.62. The van der Waals surface area contributed by atoms with Crippen molar-refractivity contribution in [3.05, 3.63) is 77.5 Å². The number of hydrogen-bond donors (Lipinski definition) is 1. The molecule has 4 rings (SSSR count). The zero-order valence-corrected chi connectivity index (χ0v) is 15.2. The number of primary amides is 1. The van der Waals surface area contributed by atoms with Crippen LogP contribution in [-0.2, 0) is 6.18 Å². The molecule has 2 aromatic carbocycles. The lowest BCUT2D eigenvalue weighted by molar-refractivity contribution is -0.137. The second-order valence-electron chi connectivity index (χ2n) is 6.60. The summed E-state index contributed by atoms with van der Waals surface area (Å²) in [6, 6.07) is 14.0. The highest BCUT2D eigenvalue weighted by atomic mass is 19.4.